The largest absolute Gasteiger partial charge is 0.385 e. The second kappa shape index (κ2) is 11.6. The van der Waals surface area contributed by atoms with Crippen molar-refractivity contribution in [3.63, 3.8) is 0 Å². The van der Waals surface area contributed by atoms with Gasteiger partial charge in [-0.2, -0.15) is 0 Å². The van der Waals surface area contributed by atoms with E-state index >= 15 is 0 Å². The maximum absolute atomic E-state index is 11.5. The molecule has 138 valence electrons. The fourth-order valence-corrected chi connectivity index (χ4v) is 2.82. The van der Waals surface area contributed by atoms with Crippen LogP contribution in [-0.2, 0) is 19.6 Å². The first-order valence-corrected chi connectivity index (χ1v) is 9.74. The minimum absolute atomic E-state index is 0.0901. The van der Waals surface area contributed by atoms with Crippen LogP contribution in [0.25, 0.3) is 0 Å². The maximum Gasteiger partial charge on any atom is 0.338 e. The van der Waals surface area contributed by atoms with E-state index < -0.39 is 16.1 Å². The van der Waals surface area contributed by atoms with E-state index in [1.807, 2.05) is 20.8 Å². The predicted molar refractivity (Wildman–Crippen MR) is 89.4 cm³/mol. The first-order chi connectivity index (χ1) is 10.7. The summed E-state index contributed by atoms with van der Waals surface area (Å²) in [7, 11) is -1.74. The van der Waals surface area contributed by atoms with Crippen LogP contribution in [0.1, 0.15) is 40.0 Å². The van der Waals surface area contributed by atoms with Crippen LogP contribution >= 0.6 is 0 Å². The first kappa shape index (κ1) is 22.1. The number of hydrogen-bond donors (Lipinski definition) is 3. The van der Waals surface area contributed by atoms with Crippen LogP contribution < -0.4 is 15.5 Å². The number of ether oxygens (including phenoxy) is 1. The van der Waals surface area contributed by atoms with E-state index in [4.69, 9.17) is 9.57 Å². The second-order valence-electron chi connectivity index (χ2n) is 5.86. The molecule has 2 amide bonds. The zero-order valence-electron chi connectivity index (χ0n) is 14.7. The molecule has 0 aliphatic rings. The molecule has 0 aliphatic heterocycles. The first-order valence-electron chi connectivity index (χ1n) is 7.85. The minimum Gasteiger partial charge on any atom is -0.385 e. The molecule has 0 aromatic rings. The molecule has 0 bridgehead atoms. The molecular weight excluding hydrogens is 322 g/mol. The van der Waals surface area contributed by atoms with Crippen molar-refractivity contribution in [2.75, 3.05) is 26.5 Å². The van der Waals surface area contributed by atoms with Gasteiger partial charge in [-0.3, -0.25) is 4.84 Å². The highest BCUT2D eigenvalue weighted by atomic mass is 32.2. The number of carbonyl (C=O) groups is 1. The van der Waals surface area contributed by atoms with Crippen molar-refractivity contribution < 1.29 is 22.8 Å². The van der Waals surface area contributed by atoms with E-state index in [0.717, 1.165) is 12.7 Å². The maximum atomic E-state index is 11.5. The molecule has 0 saturated heterocycles. The Morgan fingerprint density at radius 2 is 1.91 bits per heavy atom. The summed E-state index contributed by atoms with van der Waals surface area (Å²) in [6.45, 7) is 6.82. The number of hydroxylamine groups is 1. The lowest BCUT2D eigenvalue weighted by Crippen LogP contribution is -2.44. The van der Waals surface area contributed by atoms with E-state index in [-0.39, 0.29) is 18.1 Å². The van der Waals surface area contributed by atoms with Gasteiger partial charge in [0.25, 0.3) is 0 Å². The van der Waals surface area contributed by atoms with Gasteiger partial charge in [-0.15, -0.1) is 0 Å². The molecule has 2 atom stereocenters. The monoisotopic (exact) mass is 353 g/mol. The SMILES string of the molecule is CCCNC(=O)NOC(CCOC)CC(NS(C)(=O)=O)C(C)C. The average Bonchev–Trinajstić information content (AvgIpc) is 2.45. The van der Waals surface area contributed by atoms with Crippen molar-refractivity contribution in [1.29, 1.82) is 0 Å². The Bertz CT molecular complexity index is 428. The molecule has 23 heavy (non-hydrogen) atoms. The van der Waals surface area contributed by atoms with Crippen molar-refractivity contribution in [3.05, 3.63) is 0 Å². The summed E-state index contributed by atoms with van der Waals surface area (Å²) < 4.78 is 30.6. The lowest BCUT2D eigenvalue weighted by Gasteiger charge is -2.26. The van der Waals surface area contributed by atoms with Crippen molar-refractivity contribution in [3.8, 4) is 0 Å². The Morgan fingerprint density at radius 3 is 2.39 bits per heavy atom. The van der Waals surface area contributed by atoms with Crippen LogP contribution in [-0.4, -0.2) is 53.1 Å². The van der Waals surface area contributed by atoms with Gasteiger partial charge < -0.3 is 10.1 Å². The van der Waals surface area contributed by atoms with Gasteiger partial charge in [0.1, 0.15) is 0 Å². The minimum atomic E-state index is -3.31. The normalized spacial score (nSPS) is 14.5. The highest BCUT2D eigenvalue weighted by Gasteiger charge is 2.23. The van der Waals surface area contributed by atoms with Gasteiger partial charge in [-0.1, -0.05) is 20.8 Å². The summed E-state index contributed by atoms with van der Waals surface area (Å²) in [4.78, 5) is 17.0. The van der Waals surface area contributed by atoms with Crippen LogP contribution in [0.15, 0.2) is 0 Å². The number of hydrogen-bond acceptors (Lipinski definition) is 5. The van der Waals surface area contributed by atoms with Gasteiger partial charge >= 0.3 is 6.03 Å². The highest BCUT2D eigenvalue weighted by molar-refractivity contribution is 7.88. The molecule has 8 nitrogen and oxygen atoms in total. The molecular formula is C14H31N3O5S. The van der Waals surface area contributed by atoms with Gasteiger partial charge in [-0.25, -0.2) is 23.4 Å². The lowest BCUT2D eigenvalue weighted by molar-refractivity contribution is -0.0288. The highest BCUT2D eigenvalue weighted by Crippen LogP contribution is 2.14. The molecule has 9 heteroatoms. The summed E-state index contributed by atoms with van der Waals surface area (Å²) in [5, 5.41) is 2.64. The molecule has 0 aromatic heterocycles. The second-order valence-corrected chi connectivity index (χ2v) is 7.64. The third-order valence-electron chi connectivity index (χ3n) is 3.18. The number of methoxy groups -OCH3 is 1. The van der Waals surface area contributed by atoms with Crippen molar-refractivity contribution in [2.24, 2.45) is 5.92 Å². The number of sulfonamides is 1. The fourth-order valence-electron chi connectivity index (χ4n) is 1.90. The summed E-state index contributed by atoms with van der Waals surface area (Å²) in [6.07, 6.45) is 2.57. The third kappa shape index (κ3) is 12.2. The van der Waals surface area contributed by atoms with E-state index in [1.54, 1.807) is 7.11 Å². The Kier molecular flexibility index (Phi) is 11.2. The number of amides is 2. The zero-order valence-corrected chi connectivity index (χ0v) is 15.5. The number of nitrogens with one attached hydrogen (secondary N) is 3. The summed E-state index contributed by atoms with van der Waals surface area (Å²) in [5.74, 6) is 0.0901. The van der Waals surface area contributed by atoms with Gasteiger partial charge in [-0.05, 0) is 25.2 Å². The topological polar surface area (TPSA) is 106 Å². The molecule has 0 aliphatic carbocycles. The van der Waals surface area contributed by atoms with E-state index in [9.17, 15) is 13.2 Å². The number of urea groups is 1. The van der Waals surface area contributed by atoms with Crippen LogP contribution in [0.4, 0.5) is 4.79 Å². The molecule has 0 fully saturated rings. The number of carbonyl (C=O) groups excluding carboxylic acids is 1. The molecule has 0 aromatic carbocycles. The molecule has 0 radical (unpaired) electrons. The fraction of sp³-hybridized carbons (Fsp3) is 0.929. The molecule has 0 saturated carbocycles. The van der Waals surface area contributed by atoms with Crippen molar-refractivity contribution in [1.82, 2.24) is 15.5 Å². The molecule has 0 rings (SSSR count). The van der Waals surface area contributed by atoms with Gasteiger partial charge in [0, 0.05) is 26.3 Å². The smallest absolute Gasteiger partial charge is 0.338 e. The van der Waals surface area contributed by atoms with E-state index in [1.165, 1.54) is 0 Å². The van der Waals surface area contributed by atoms with E-state index in [2.05, 4.69) is 15.5 Å². The van der Waals surface area contributed by atoms with Crippen LogP contribution in [0, 0.1) is 5.92 Å². The zero-order chi connectivity index (χ0) is 17.9. The van der Waals surface area contributed by atoms with Crippen molar-refractivity contribution >= 4 is 16.1 Å². The summed E-state index contributed by atoms with van der Waals surface area (Å²) in [6, 6.07) is -0.696. The van der Waals surface area contributed by atoms with Gasteiger partial charge in [0.2, 0.25) is 10.0 Å². The molecule has 0 spiro atoms. The number of rotatable bonds is 12. The molecule has 3 N–H and O–H groups in total. The third-order valence-corrected chi connectivity index (χ3v) is 3.92. The van der Waals surface area contributed by atoms with Crippen molar-refractivity contribution in [2.45, 2.75) is 52.2 Å². The molecule has 2 unspecified atom stereocenters. The Balaban J connectivity index is 4.63. The van der Waals surface area contributed by atoms with Gasteiger partial charge in [0.15, 0.2) is 0 Å². The summed E-state index contributed by atoms with van der Waals surface area (Å²) >= 11 is 0. The average molecular weight is 353 g/mol. The molecule has 0 heterocycles. The van der Waals surface area contributed by atoms with Crippen LogP contribution in [0.3, 0.4) is 0 Å². The Labute approximate surface area is 139 Å². The quantitative estimate of drug-likeness (QED) is 0.454. The van der Waals surface area contributed by atoms with Gasteiger partial charge in [0.05, 0.1) is 12.4 Å². The lowest BCUT2D eigenvalue weighted by atomic mass is 9.98. The Morgan fingerprint density at radius 1 is 1.26 bits per heavy atom. The predicted octanol–water partition coefficient (Wildman–Crippen LogP) is 0.996. The Hall–Kier alpha value is -0.900. The van der Waals surface area contributed by atoms with E-state index in [0.29, 0.717) is 26.0 Å². The van der Waals surface area contributed by atoms with Crippen LogP contribution in [0.2, 0.25) is 0 Å². The summed E-state index contributed by atoms with van der Waals surface area (Å²) in [5.41, 5.74) is 2.35. The standard InChI is InChI=1S/C14H31N3O5S/c1-6-8-15-14(18)16-22-12(7-9-21-4)10-13(11(2)3)17-23(5,19)20/h11-13,17H,6-10H2,1-5H3,(H2,15,16,18). The van der Waals surface area contributed by atoms with Crippen LogP contribution in [0.5, 0.6) is 0 Å².